The SMILES string of the molecule is CCCC(=O)O[C@H]1C/C(C)=C\[C@@H]2OC(=O)[C@H](C)[C@@]2(O)[C@@H](OC(C)=O)[C@H]2C(C)=CC[C@H](OC(C)=O)[C@]2(C)[C@H]1OC(C)=O. The number of hydrogen-bond acceptors (Lipinski definition) is 11. The van der Waals surface area contributed by atoms with Gasteiger partial charge in [0.2, 0.25) is 0 Å². The number of carbonyl (C=O) groups excluding carboxylic acids is 5. The predicted molar refractivity (Wildman–Crippen MR) is 144 cm³/mol. The Balaban J connectivity index is 2.43. The normalized spacial score (nSPS) is 38.1. The third-order valence-corrected chi connectivity index (χ3v) is 8.55. The third kappa shape index (κ3) is 6.19. The van der Waals surface area contributed by atoms with Crippen LogP contribution in [0, 0.1) is 17.3 Å². The average Bonchev–Trinajstić information content (AvgIpc) is 3.06. The maximum absolute atomic E-state index is 12.9. The summed E-state index contributed by atoms with van der Waals surface area (Å²) in [5.41, 5.74) is -2.26. The van der Waals surface area contributed by atoms with E-state index < -0.39 is 83.2 Å². The molecule has 0 aromatic heterocycles. The van der Waals surface area contributed by atoms with Crippen molar-refractivity contribution in [2.45, 2.75) is 117 Å². The number of rotatable bonds is 6. The lowest BCUT2D eigenvalue weighted by Crippen LogP contribution is -2.67. The Bertz CT molecular complexity index is 1140. The minimum absolute atomic E-state index is 0.0575. The van der Waals surface area contributed by atoms with Gasteiger partial charge in [-0.25, -0.2) is 0 Å². The van der Waals surface area contributed by atoms with Crippen LogP contribution in [0.2, 0.25) is 0 Å². The lowest BCUT2D eigenvalue weighted by atomic mass is 9.55. The van der Waals surface area contributed by atoms with Gasteiger partial charge in [-0.1, -0.05) is 31.1 Å². The van der Waals surface area contributed by atoms with Gasteiger partial charge in [-0.2, -0.15) is 0 Å². The topological polar surface area (TPSA) is 152 Å². The first-order chi connectivity index (χ1) is 19.1. The molecule has 0 bridgehead atoms. The highest BCUT2D eigenvalue weighted by Gasteiger charge is 2.68. The molecule has 3 rings (SSSR count). The smallest absolute Gasteiger partial charge is 0.312 e. The Morgan fingerprint density at radius 1 is 1.00 bits per heavy atom. The summed E-state index contributed by atoms with van der Waals surface area (Å²) in [5.74, 6) is -5.30. The molecule has 1 fully saturated rings. The summed E-state index contributed by atoms with van der Waals surface area (Å²) in [6, 6.07) is 0. The van der Waals surface area contributed by atoms with Crippen LogP contribution >= 0.6 is 0 Å². The van der Waals surface area contributed by atoms with E-state index in [0.29, 0.717) is 17.6 Å². The maximum Gasteiger partial charge on any atom is 0.312 e. The molecule has 0 amide bonds. The van der Waals surface area contributed by atoms with Crippen LogP contribution in [0.1, 0.15) is 81.1 Å². The largest absolute Gasteiger partial charge is 0.461 e. The predicted octanol–water partition coefficient (Wildman–Crippen LogP) is 3.11. The summed E-state index contributed by atoms with van der Waals surface area (Å²) in [6.07, 6.45) is -1.59. The van der Waals surface area contributed by atoms with Crippen LogP contribution in [-0.4, -0.2) is 71.1 Å². The fourth-order valence-electron chi connectivity index (χ4n) is 6.67. The highest BCUT2D eigenvalue weighted by atomic mass is 16.6. The van der Waals surface area contributed by atoms with Crippen LogP contribution in [0.5, 0.6) is 0 Å². The van der Waals surface area contributed by atoms with Crippen molar-refractivity contribution in [3.63, 3.8) is 0 Å². The minimum atomic E-state index is -2.05. The van der Waals surface area contributed by atoms with Gasteiger partial charge < -0.3 is 28.8 Å². The Hall–Kier alpha value is -3.21. The zero-order chi connectivity index (χ0) is 30.9. The van der Waals surface area contributed by atoms with E-state index in [1.165, 1.54) is 27.7 Å². The first kappa shape index (κ1) is 32.3. The van der Waals surface area contributed by atoms with Gasteiger partial charge in [-0.15, -0.1) is 0 Å². The molecule has 11 heteroatoms. The van der Waals surface area contributed by atoms with Crippen LogP contribution < -0.4 is 0 Å². The van der Waals surface area contributed by atoms with Crippen molar-refractivity contribution in [3.05, 3.63) is 23.3 Å². The number of carbonyl (C=O) groups is 5. The van der Waals surface area contributed by atoms with Crippen LogP contribution in [0.3, 0.4) is 0 Å². The monoisotopic (exact) mass is 578 g/mol. The van der Waals surface area contributed by atoms with Gasteiger partial charge in [0.1, 0.15) is 24.4 Å². The molecule has 1 aliphatic heterocycles. The standard InChI is InChI=1S/C30H42O11/c1-9-10-24(34)40-21-13-15(2)14-23-30(36,17(4)28(35)41-23)27(39-20(7)33)25-16(3)11-12-22(37-18(5)31)29(25,8)26(21)38-19(6)32/h11,14,17,21-23,25-27,36H,9-10,12-13H2,1-8H3/b15-14-/t17-,21-,22-,23-,25+,26-,27-,29-,30-/m0/s1. The molecule has 1 saturated heterocycles. The lowest BCUT2D eigenvalue weighted by molar-refractivity contribution is -0.228. The molecule has 0 aromatic rings. The van der Waals surface area contributed by atoms with Gasteiger partial charge in [0.25, 0.3) is 0 Å². The van der Waals surface area contributed by atoms with Crippen LogP contribution in [-0.2, 0) is 47.7 Å². The van der Waals surface area contributed by atoms with Crippen LogP contribution in [0.15, 0.2) is 23.3 Å². The summed E-state index contributed by atoms with van der Waals surface area (Å²) in [5, 5.41) is 12.4. The fraction of sp³-hybridized carbons (Fsp3) is 0.700. The van der Waals surface area contributed by atoms with E-state index in [2.05, 4.69) is 0 Å². The Morgan fingerprint density at radius 3 is 2.15 bits per heavy atom. The van der Waals surface area contributed by atoms with Crippen molar-refractivity contribution in [1.82, 2.24) is 0 Å². The van der Waals surface area contributed by atoms with Gasteiger partial charge in [0.15, 0.2) is 11.7 Å². The Kier molecular flexibility index (Phi) is 9.73. The van der Waals surface area contributed by atoms with Crippen molar-refractivity contribution in [2.24, 2.45) is 17.3 Å². The molecule has 0 unspecified atom stereocenters. The molecule has 9 atom stereocenters. The molecule has 0 aromatic carbocycles. The number of ether oxygens (including phenoxy) is 5. The van der Waals surface area contributed by atoms with Crippen molar-refractivity contribution in [3.8, 4) is 0 Å². The third-order valence-electron chi connectivity index (χ3n) is 8.55. The number of aliphatic hydroxyl groups is 1. The minimum Gasteiger partial charge on any atom is -0.461 e. The Labute approximate surface area is 240 Å². The molecule has 1 heterocycles. The fourth-order valence-corrected chi connectivity index (χ4v) is 6.67. The summed E-state index contributed by atoms with van der Waals surface area (Å²) in [7, 11) is 0. The molecule has 3 aliphatic rings. The molecule has 0 spiro atoms. The zero-order valence-corrected chi connectivity index (χ0v) is 25.1. The summed E-state index contributed by atoms with van der Waals surface area (Å²) < 4.78 is 29.2. The number of fused-ring (bicyclic) bond motifs is 2. The van der Waals surface area contributed by atoms with E-state index >= 15 is 0 Å². The van der Waals surface area contributed by atoms with Gasteiger partial charge in [0, 0.05) is 46.0 Å². The van der Waals surface area contributed by atoms with Gasteiger partial charge in [-0.3, -0.25) is 24.0 Å². The van der Waals surface area contributed by atoms with Crippen LogP contribution in [0.4, 0.5) is 0 Å². The maximum atomic E-state index is 12.9. The Morgan fingerprint density at radius 2 is 1.59 bits per heavy atom. The molecular weight excluding hydrogens is 536 g/mol. The highest BCUT2D eigenvalue weighted by Crippen LogP contribution is 2.55. The second-order valence-electron chi connectivity index (χ2n) is 11.6. The van der Waals surface area contributed by atoms with E-state index in [1.54, 1.807) is 32.9 Å². The lowest BCUT2D eigenvalue weighted by Gasteiger charge is -2.55. The highest BCUT2D eigenvalue weighted by molar-refractivity contribution is 5.78. The molecular formula is C30H42O11. The van der Waals surface area contributed by atoms with Gasteiger partial charge in [0.05, 0.1) is 11.3 Å². The van der Waals surface area contributed by atoms with Crippen molar-refractivity contribution < 1.29 is 52.8 Å². The molecule has 2 aliphatic carbocycles. The molecule has 228 valence electrons. The quantitative estimate of drug-likeness (QED) is 0.281. The van der Waals surface area contributed by atoms with Crippen molar-refractivity contribution in [1.29, 1.82) is 0 Å². The van der Waals surface area contributed by atoms with Gasteiger partial charge in [-0.05, 0) is 33.3 Å². The molecule has 1 N–H and O–H groups in total. The van der Waals surface area contributed by atoms with E-state index in [9.17, 15) is 29.1 Å². The van der Waals surface area contributed by atoms with E-state index in [-0.39, 0.29) is 19.3 Å². The number of hydrogen-bond donors (Lipinski definition) is 1. The summed E-state index contributed by atoms with van der Waals surface area (Å²) >= 11 is 0. The molecule has 11 nitrogen and oxygen atoms in total. The van der Waals surface area contributed by atoms with E-state index in [0.717, 1.165) is 0 Å². The first-order valence-corrected chi connectivity index (χ1v) is 14.0. The van der Waals surface area contributed by atoms with E-state index in [4.69, 9.17) is 23.7 Å². The van der Waals surface area contributed by atoms with E-state index in [1.807, 2.05) is 6.92 Å². The van der Waals surface area contributed by atoms with Crippen molar-refractivity contribution >= 4 is 29.8 Å². The van der Waals surface area contributed by atoms with Gasteiger partial charge >= 0.3 is 29.8 Å². The molecule has 41 heavy (non-hydrogen) atoms. The molecule has 0 radical (unpaired) electrons. The summed E-state index contributed by atoms with van der Waals surface area (Å²) in [6.45, 7) is 12.1. The number of esters is 5. The van der Waals surface area contributed by atoms with Crippen molar-refractivity contribution in [2.75, 3.05) is 0 Å². The second kappa shape index (κ2) is 12.3. The summed E-state index contributed by atoms with van der Waals surface area (Å²) in [4.78, 5) is 63.4. The second-order valence-corrected chi connectivity index (χ2v) is 11.6. The average molecular weight is 579 g/mol. The first-order valence-electron chi connectivity index (χ1n) is 14.0. The zero-order valence-electron chi connectivity index (χ0n) is 25.1. The van der Waals surface area contributed by atoms with Crippen LogP contribution in [0.25, 0.3) is 0 Å². The molecule has 0 saturated carbocycles.